The first-order valence-corrected chi connectivity index (χ1v) is 44.2. The molecule has 0 aliphatic carbocycles. The average molecular weight is 1880 g/mol. The Balaban J connectivity index is 0.000000128. The summed E-state index contributed by atoms with van der Waals surface area (Å²) in [6.07, 6.45) is 2.58. The lowest BCUT2D eigenvalue weighted by Gasteiger charge is -2.14. The average Bonchev–Trinajstić information content (AvgIpc) is 0.476. The van der Waals surface area contributed by atoms with Crippen molar-refractivity contribution in [2.75, 3.05) is 42.7 Å². The summed E-state index contributed by atoms with van der Waals surface area (Å²) in [4.78, 5) is 68.8. The number of phenolic OH excluding ortho intramolecular Hbond substituents is 5. The molecule has 0 aliphatic rings. The van der Waals surface area contributed by atoms with E-state index in [1.54, 1.807) is 138 Å². The third kappa shape index (κ3) is 23.6. The SMILES string of the molecule is CC#COc1cc(-c2nc(-c3ccccc3)nc(-c3ccccc3O)n2)cc(OC)c1OC.COc1ccc(-c2nc(-c3ccccc3)nc(-c3ccccc3)n2)c(O)c1.COc1ccc(-c2nc(-c3ccccc3)nc(-c3ccccc3O)n2)cc1.COc1ccccc1-c1nc(-c2ccccc2O)nc(-c2ccccc2OC)n1.Oc1ccccc1-c1nc(Oc2ccccc2)nc(-c2ccccc2)n1. The zero-order chi connectivity index (χ0) is 98.5. The Labute approximate surface area is 817 Å². The summed E-state index contributed by atoms with van der Waals surface area (Å²) < 4.78 is 43.7. The van der Waals surface area contributed by atoms with Crippen LogP contribution in [0.5, 0.6) is 80.8 Å². The first-order valence-electron chi connectivity index (χ1n) is 44.2. The standard InChI is InChI=1S/C26H21N3O4.C23H19N3O3.2C22H17N3O2.C21H15N3O2/c1-4-14-33-22-16-18(15-21(31-2)23(22)32-3)25-27-24(17-10-6-5-7-11-17)28-26(29-25)19-12-8-9-13-20(19)30;1-28-19-13-7-4-10-16(19)22-24-21(15-9-3-6-12-18(15)27)25-23(26-22)17-11-5-8-14-20(17)29-2;1-27-17-12-13-18(19(26)14-17)22-24-20(15-8-4-2-5-9-15)23-21(25-22)16-10-6-3-7-11-16;1-27-17-13-11-16(12-14-17)21-23-20(15-7-3-2-4-8-15)24-22(25-21)18-9-5-6-10-19(18)26;25-18-14-8-7-13-17(18)20-22-19(15-9-3-1-4-10-15)23-21(24-20)26-16-11-5-2-6-12-16/h5-13,15-16,30H,1-3H3;3-14,27H,1-2H3;2*2-14,26H,1H3;1-14,25H. The quantitative estimate of drug-likeness (QED) is 0.0371. The zero-order valence-electron chi connectivity index (χ0n) is 77.6. The fraction of sp³-hybridized carbons (Fsp3) is 0.0614. The molecule has 15 aromatic carbocycles. The van der Waals surface area contributed by atoms with Crippen molar-refractivity contribution in [2.45, 2.75) is 6.92 Å². The van der Waals surface area contributed by atoms with Gasteiger partial charge in [0.05, 0.1) is 81.6 Å². The van der Waals surface area contributed by atoms with Crippen LogP contribution in [0.1, 0.15) is 6.92 Å². The van der Waals surface area contributed by atoms with Gasteiger partial charge in [0.25, 0.3) is 0 Å². The molecule has 0 bridgehead atoms. The second kappa shape index (κ2) is 46.5. The molecule has 5 heterocycles. The molecule has 0 spiro atoms. The van der Waals surface area contributed by atoms with Crippen LogP contribution in [0.15, 0.2) is 382 Å². The van der Waals surface area contributed by atoms with Crippen molar-refractivity contribution in [3.8, 4) is 252 Å². The fourth-order valence-electron chi connectivity index (χ4n) is 14.3. The third-order valence-electron chi connectivity index (χ3n) is 21.3. The molecule has 5 aromatic heterocycles. The summed E-state index contributed by atoms with van der Waals surface area (Å²) in [6.45, 7) is 1.67. The van der Waals surface area contributed by atoms with Crippen LogP contribution in [-0.2, 0) is 0 Å². The third-order valence-corrected chi connectivity index (χ3v) is 21.3. The van der Waals surface area contributed by atoms with E-state index in [1.165, 1.54) is 14.2 Å². The molecule has 0 radical (unpaired) electrons. The van der Waals surface area contributed by atoms with Crippen LogP contribution in [0.25, 0.3) is 159 Å². The van der Waals surface area contributed by atoms with Crippen LogP contribution in [0.2, 0.25) is 0 Å². The van der Waals surface area contributed by atoms with Crippen LogP contribution < -0.4 is 37.9 Å². The summed E-state index contributed by atoms with van der Waals surface area (Å²) in [7, 11) is 9.44. The predicted molar refractivity (Wildman–Crippen MR) is 543 cm³/mol. The molecule has 698 valence electrons. The normalized spacial score (nSPS) is 10.4. The second-order valence-electron chi connectivity index (χ2n) is 30.5. The molecule has 28 heteroatoms. The molecule has 142 heavy (non-hydrogen) atoms. The number of hydrogen-bond acceptors (Lipinski definition) is 28. The number of nitrogens with zero attached hydrogens (tertiary/aromatic N) is 15. The molecule has 20 aromatic rings. The van der Waals surface area contributed by atoms with Gasteiger partial charge in [-0.2, -0.15) is 9.97 Å². The Kier molecular flexibility index (Phi) is 31.3. The van der Waals surface area contributed by atoms with Gasteiger partial charge in [-0.1, -0.05) is 249 Å². The highest BCUT2D eigenvalue weighted by atomic mass is 16.5. The number of aromatic nitrogens is 15. The molecule has 0 saturated carbocycles. The van der Waals surface area contributed by atoms with E-state index in [4.69, 9.17) is 37.9 Å². The summed E-state index contributed by atoms with van der Waals surface area (Å²) >= 11 is 0. The summed E-state index contributed by atoms with van der Waals surface area (Å²) in [5.74, 6) is 13.9. The molecule has 0 fully saturated rings. The van der Waals surface area contributed by atoms with Crippen LogP contribution in [0.4, 0.5) is 0 Å². The lowest BCUT2D eigenvalue weighted by Crippen LogP contribution is -2.02. The number of hydrogen-bond donors (Lipinski definition) is 5. The molecular weight excluding hydrogens is 1790 g/mol. The van der Waals surface area contributed by atoms with E-state index in [0.29, 0.717) is 155 Å². The maximum Gasteiger partial charge on any atom is 0.326 e. The molecular formula is C114H89N15O13. The lowest BCUT2D eigenvalue weighted by molar-refractivity contribution is 0.340. The van der Waals surface area contributed by atoms with Gasteiger partial charge < -0.3 is 63.4 Å². The fourth-order valence-corrected chi connectivity index (χ4v) is 14.3. The van der Waals surface area contributed by atoms with Gasteiger partial charge in [-0.15, -0.1) is 0 Å². The molecule has 20 rings (SSSR count). The lowest BCUT2D eigenvalue weighted by atomic mass is 10.1. The van der Waals surface area contributed by atoms with Gasteiger partial charge in [0, 0.05) is 51.9 Å². The molecule has 0 amide bonds. The maximum absolute atomic E-state index is 10.4. The van der Waals surface area contributed by atoms with E-state index < -0.39 is 0 Å². The van der Waals surface area contributed by atoms with Gasteiger partial charge >= 0.3 is 6.01 Å². The van der Waals surface area contributed by atoms with Crippen molar-refractivity contribution in [1.82, 2.24) is 74.8 Å². The Morgan fingerprint density at radius 2 is 0.451 bits per heavy atom. The van der Waals surface area contributed by atoms with Gasteiger partial charge in [-0.3, -0.25) is 0 Å². The van der Waals surface area contributed by atoms with Gasteiger partial charge in [0.15, 0.2) is 93.0 Å². The number of aromatic hydroxyl groups is 5. The Morgan fingerprint density at radius 3 is 0.782 bits per heavy atom. The van der Waals surface area contributed by atoms with Crippen LogP contribution in [-0.4, -0.2) is 143 Å². The monoisotopic (exact) mass is 1880 g/mol. The van der Waals surface area contributed by atoms with Gasteiger partial charge in [0.1, 0.15) is 63.6 Å². The molecule has 0 unspecified atom stereocenters. The van der Waals surface area contributed by atoms with E-state index in [2.05, 4.69) is 86.8 Å². The minimum Gasteiger partial charge on any atom is -0.507 e. The predicted octanol–water partition coefficient (Wildman–Crippen LogP) is 23.4. The summed E-state index contributed by atoms with van der Waals surface area (Å²) in [6, 6.07) is 117. The smallest absolute Gasteiger partial charge is 0.326 e. The highest BCUT2D eigenvalue weighted by Crippen LogP contribution is 2.44. The molecule has 28 nitrogen and oxygen atoms in total. The van der Waals surface area contributed by atoms with E-state index >= 15 is 0 Å². The van der Waals surface area contributed by atoms with Crippen LogP contribution in [0, 0.1) is 12.0 Å². The zero-order valence-corrected chi connectivity index (χ0v) is 77.6. The van der Waals surface area contributed by atoms with Crippen molar-refractivity contribution in [2.24, 2.45) is 0 Å². The molecule has 0 aliphatic heterocycles. The van der Waals surface area contributed by atoms with E-state index in [0.717, 1.165) is 50.3 Å². The van der Waals surface area contributed by atoms with E-state index in [1.807, 2.05) is 279 Å². The topological polar surface area (TPSA) is 368 Å². The van der Waals surface area contributed by atoms with Crippen LogP contribution in [0.3, 0.4) is 0 Å². The molecule has 0 atom stereocenters. The maximum atomic E-state index is 10.4. The Morgan fingerprint density at radius 1 is 0.190 bits per heavy atom. The van der Waals surface area contributed by atoms with Crippen molar-refractivity contribution < 1.29 is 63.4 Å². The minimum absolute atomic E-state index is 0.0542. The number of rotatable bonds is 23. The highest BCUT2D eigenvalue weighted by Gasteiger charge is 2.25. The van der Waals surface area contributed by atoms with Gasteiger partial charge in [-0.05, 0) is 133 Å². The van der Waals surface area contributed by atoms with Crippen molar-refractivity contribution in [3.05, 3.63) is 382 Å². The number of para-hydroxylation sites is 7. The number of benzene rings is 15. The number of phenols is 5. The van der Waals surface area contributed by atoms with Gasteiger partial charge in [-0.25, -0.2) is 64.8 Å². The Hall–Kier alpha value is -19.7. The van der Waals surface area contributed by atoms with E-state index in [-0.39, 0.29) is 34.8 Å². The minimum atomic E-state index is 0.0542. The molecule has 0 saturated heterocycles. The Bertz CT molecular complexity index is 7610. The highest BCUT2D eigenvalue weighted by molar-refractivity contribution is 5.78. The van der Waals surface area contributed by atoms with Gasteiger partial charge in [0.2, 0.25) is 5.75 Å². The number of ether oxygens (including phenoxy) is 8. The summed E-state index contributed by atoms with van der Waals surface area (Å²) in [5, 5.41) is 51.6. The van der Waals surface area contributed by atoms with Crippen molar-refractivity contribution >= 4 is 0 Å². The molecule has 5 N–H and O–H groups in total. The first-order chi connectivity index (χ1) is 69.6. The van der Waals surface area contributed by atoms with E-state index in [9.17, 15) is 25.5 Å². The van der Waals surface area contributed by atoms with Crippen molar-refractivity contribution in [1.29, 1.82) is 0 Å². The first kappa shape index (κ1) is 95.5. The second-order valence-corrected chi connectivity index (χ2v) is 30.5. The largest absolute Gasteiger partial charge is 0.507 e. The summed E-state index contributed by atoms with van der Waals surface area (Å²) in [5.41, 5.74) is 9.80. The van der Waals surface area contributed by atoms with Crippen molar-refractivity contribution in [3.63, 3.8) is 0 Å². The van der Waals surface area contributed by atoms with Crippen LogP contribution >= 0.6 is 0 Å². The number of methoxy groups -OCH3 is 6.